The number of benzene rings is 1. The topological polar surface area (TPSA) is 43.8 Å². The summed E-state index contributed by atoms with van der Waals surface area (Å²) in [6.07, 6.45) is 4.40. The van der Waals surface area contributed by atoms with Crippen molar-refractivity contribution in [1.29, 1.82) is 0 Å². The average Bonchev–Trinajstić information content (AvgIpc) is 2.57. The monoisotopic (exact) mass is 221 g/mol. The van der Waals surface area contributed by atoms with E-state index >= 15 is 0 Å². The van der Waals surface area contributed by atoms with Crippen LogP contribution in [0.25, 0.3) is 0 Å². The third kappa shape index (κ3) is 2.13. The number of nitrogens with zero attached hydrogens (tertiary/aromatic N) is 2. The lowest BCUT2D eigenvalue weighted by atomic mass is 10.1. The highest BCUT2D eigenvalue weighted by Gasteiger charge is 2.04. The lowest BCUT2D eigenvalue weighted by molar-refractivity contribution is 0.845. The van der Waals surface area contributed by atoms with Gasteiger partial charge in [0.25, 0.3) is 0 Å². The maximum atomic E-state index is 5.87. The minimum absolute atomic E-state index is 0.668. The van der Waals surface area contributed by atoms with E-state index in [9.17, 15) is 0 Å². The third-order valence-electron chi connectivity index (χ3n) is 2.40. The Morgan fingerprint density at radius 1 is 1.47 bits per heavy atom. The summed E-state index contributed by atoms with van der Waals surface area (Å²) in [5.41, 5.74) is 8.80. The van der Waals surface area contributed by atoms with E-state index in [0.717, 1.165) is 23.4 Å². The van der Waals surface area contributed by atoms with Gasteiger partial charge < -0.3 is 10.3 Å². The molecule has 78 valence electrons. The fraction of sp³-hybridized carbons (Fsp3) is 0.182. The molecule has 0 saturated heterocycles. The van der Waals surface area contributed by atoms with Crippen molar-refractivity contribution in [3.05, 3.63) is 47.0 Å². The molecule has 0 aliphatic heterocycles. The van der Waals surface area contributed by atoms with Gasteiger partial charge in [-0.05, 0) is 17.7 Å². The van der Waals surface area contributed by atoms with E-state index < -0.39 is 0 Å². The zero-order valence-corrected chi connectivity index (χ0v) is 9.20. The van der Waals surface area contributed by atoms with Crippen LogP contribution in [0.2, 0.25) is 5.02 Å². The molecule has 4 heteroatoms. The van der Waals surface area contributed by atoms with Crippen molar-refractivity contribution >= 4 is 17.3 Å². The van der Waals surface area contributed by atoms with Gasteiger partial charge in [-0.1, -0.05) is 17.7 Å². The molecule has 2 rings (SSSR count). The Morgan fingerprint density at radius 2 is 2.27 bits per heavy atom. The number of aromatic nitrogens is 2. The number of hydrogen-bond donors (Lipinski definition) is 1. The molecule has 0 saturated carbocycles. The highest BCUT2D eigenvalue weighted by Crippen LogP contribution is 2.20. The molecule has 0 amide bonds. The first kappa shape index (κ1) is 10.1. The van der Waals surface area contributed by atoms with Crippen LogP contribution in [-0.4, -0.2) is 9.55 Å². The predicted molar refractivity (Wildman–Crippen MR) is 61.9 cm³/mol. The van der Waals surface area contributed by atoms with Gasteiger partial charge in [0.15, 0.2) is 0 Å². The Morgan fingerprint density at radius 3 is 2.87 bits per heavy atom. The van der Waals surface area contributed by atoms with E-state index in [4.69, 9.17) is 17.3 Å². The van der Waals surface area contributed by atoms with Gasteiger partial charge in [0.05, 0.1) is 6.33 Å². The quantitative estimate of drug-likeness (QED) is 0.791. The fourth-order valence-electron chi connectivity index (χ4n) is 1.48. The second-order valence-electron chi connectivity index (χ2n) is 3.52. The maximum absolute atomic E-state index is 5.87. The van der Waals surface area contributed by atoms with Gasteiger partial charge in [-0.2, -0.15) is 0 Å². The molecule has 0 unspecified atom stereocenters. The molecule has 0 aliphatic rings. The molecular formula is C11H12ClN3. The summed E-state index contributed by atoms with van der Waals surface area (Å²) in [6.45, 7) is 0. The highest BCUT2D eigenvalue weighted by molar-refractivity contribution is 6.30. The molecule has 0 bridgehead atoms. The Balaban J connectivity index is 2.29. The summed E-state index contributed by atoms with van der Waals surface area (Å²) < 4.78 is 1.98. The molecule has 1 heterocycles. The highest BCUT2D eigenvalue weighted by atomic mass is 35.5. The van der Waals surface area contributed by atoms with Gasteiger partial charge in [0.1, 0.15) is 0 Å². The van der Waals surface area contributed by atoms with Crippen LogP contribution in [0.4, 0.5) is 5.69 Å². The third-order valence-corrected chi connectivity index (χ3v) is 2.63. The Hall–Kier alpha value is -1.48. The van der Waals surface area contributed by atoms with Crippen molar-refractivity contribution in [3.8, 4) is 0 Å². The minimum atomic E-state index is 0.668. The molecule has 3 nitrogen and oxygen atoms in total. The molecule has 0 radical (unpaired) electrons. The molecule has 0 fully saturated rings. The van der Waals surface area contributed by atoms with Crippen molar-refractivity contribution in [3.63, 3.8) is 0 Å². The SMILES string of the molecule is Cn1cncc1Cc1ccc(Cl)cc1N. The minimum Gasteiger partial charge on any atom is -0.398 e. The normalized spacial score (nSPS) is 10.5. The van der Waals surface area contributed by atoms with Crippen molar-refractivity contribution in [2.75, 3.05) is 5.73 Å². The molecule has 15 heavy (non-hydrogen) atoms. The molecule has 0 spiro atoms. The Kier molecular flexibility index (Phi) is 2.64. The fourth-order valence-corrected chi connectivity index (χ4v) is 1.66. The summed E-state index contributed by atoms with van der Waals surface area (Å²) in [5.74, 6) is 0. The van der Waals surface area contributed by atoms with E-state index in [1.165, 1.54) is 0 Å². The number of nitrogens with two attached hydrogens (primary N) is 1. The number of hydrogen-bond acceptors (Lipinski definition) is 2. The lowest BCUT2D eigenvalue weighted by Gasteiger charge is -2.06. The van der Waals surface area contributed by atoms with Crippen molar-refractivity contribution in [2.45, 2.75) is 6.42 Å². The van der Waals surface area contributed by atoms with Gasteiger partial charge in [0, 0.05) is 36.1 Å². The molecule has 0 atom stereocenters. The summed E-state index contributed by atoms with van der Waals surface area (Å²) >= 11 is 5.83. The zero-order chi connectivity index (χ0) is 10.8. The molecular weight excluding hydrogens is 210 g/mol. The van der Waals surface area contributed by atoms with E-state index in [1.807, 2.05) is 29.9 Å². The van der Waals surface area contributed by atoms with E-state index in [1.54, 1.807) is 12.4 Å². The molecule has 2 N–H and O–H groups in total. The number of anilines is 1. The van der Waals surface area contributed by atoms with E-state index in [0.29, 0.717) is 5.02 Å². The first-order valence-corrected chi connectivity index (χ1v) is 5.03. The van der Waals surface area contributed by atoms with Gasteiger partial charge in [-0.3, -0.25) is 0 Å². The standard InChI is InChI=1S/C11H12ClN3/c1-15-7-14-6-10(15)4-8-2-3-9(12)5-11(8)13/h2-3,5-7H,4,13H2,1H3. The summed E-state index contributed by atoms with van der Waals surface area (Å²) in [4.78, 5) is 4.06. The second-order valence-corrected chi connectivity index (χ2v) is 3.95. The molecule has 1 aromatic carbocycles. The van der Waals surface area contributed by atoms with Crippen LogP contribution in [0.15, 0.2) is 30.7 Å². The first-order chi connectivity index (χ1) is 7.16. The van der Waals surface area contributed by atoms with Gasteiger partial charge in [0.2, 0.25) is 0 Å². The van der Waals surface area contributed by atoms with Crippen LogP contribution in [0, 0.1) is 0 Å². The average molecular weight is 222 g/mol. The van der Waals surface area contributed by atoms with Crippen LogP contribution in [0.1, 0.15) is 11.3 Å². The first-order valence-electron chi connectivity index (χ1n) is 4.66. The van der Waals surface area contributed by atoms with Crippen LogP contribution in [-0.2, 0) is 13.5 Å². The number of rotatable bonds is 2. The van der Waals surface area contributed by atoms with Crippen LogP contribution >= 0.6 is 11.6 Å². The van der Waals surface area contributed by atoms with Crippen molar-refractivity contribution in [2.24, 2.45) is 7.05 Å². The van der Waals surface area contributed by atoms with Crippen molar-refractivity contribution < 1.29 is 0 Å². The van der Waals surface area contributed by atoms with Crippen LogP contribution < -0.4 is 5.73 Å². The summed E-state index contributed by atoms with van der Waals surface area (Å²) in [7, 11) is 1.97. The number of aryl methyl sites for hydroxylation is 1. The number of imidazole rings is 1. The lowest BCUT2D eigenvalue weighted by Crippen LogP contribution is -1.99. The largest absolute Gasteiger partial charge is 0.398 e. The predicted octanol–water partition coefficient (Wildman–Crippen LogP) is 2.25. The van der Waals surface area contributed by atoms with Gasteiger partial charge in [-0.25, -0.2) is 4.98 Å². The van der Waals surface area contributed by atoms with Crippen molar-refractivity contribution in [1.82, 2.24) is 9.55 Å². The Bertz CT molecular complexity index is 476. The van der Waals surface area contributed by atoms with Crippen LogP contribution in [0.5, 0.6) is 0 Å². The second kappa shape index (κ2) is 3.95. The number of halogens is 1. The Labute approximate surface area is 93.5 Å². The van der Waals surface area contributed by atoms with Gasteiger partial charge in [-0.15, -0.1) is 0 Å². The summed E-state index contributed by atoms with van der Waals surface area (Å²) in [5, 5.41) is 0.668. The number of nitrogen functional groups attached to an aromatic ring is 1. The summed E-state index contributed by atoms with van der Waals surface area (Å²) in [6, 6.07) is 5.57. The van der Waals surface area contributed by atoms with E-state index in [-0.39, 0.29) is 0 Å². The smallest absolute Gasteiger partial charge is 0.0945 e. The van der Waals surface area contributed by atoms with Crippen LogP contribution in [0.3, 0.4) is 0 Å². The van der Waals surface area contributed by atoms with E-state index in [2.05, 4.69) is 4.98 Å². The molecule has 0 aliphatic carbocycles. The van der Waals surface area contributed by atoms with Gasteiger partial charge >= 0.3 is 0 Å². The maximum Gasteiger partial charge on any atom is 0.0945 e. The molecule has 2 aromatic rings. The molecule has 1 aromatic heterocycles. The zero-order valence-electron chi connectivity index (χ0n) is 8.44.